The Morgan fingerprint density at radius 3 is 2.48 bits per heavy atom. The fraction of sp³-hybridized carbons (Fsp3) is 0.875. The van der Waals surface area contributed by atoms with E-state index in [4.69, 9.17) is 0 Å². The minimum atomic E-state index is -0.425. The van der Waals surface area contributed by atoms with E-state index in [0.29, 0.717) is 19.0 Å². The first-order valence-corrected chi connectivity index (χ1v) is 8.43. The lowest BCUT2D eigenvalue weighted by Gasteiger charge is -2.29. The number of hydrogen-bond acceptors (Lipinski definition) is 3. The largest absolute Gasteiger partial charge is 0.391 e. The molecule has 1 heterocycles. The van der Waals surface area contributed by atoms with Gasteiger partial charge in [0.05, 0.1) is 18.1 Å². The number of carbonyl (C=O) groups excluding carboxylic acids is 2. The quantitative estimate of drug-likeness (QED) is 0.821. The van der Waals surface area contributed by atoms with Crippen LogP contribution in [0.15, 0.2) is 0 Å². The number of likely N-dealkylation sites (tertiary alicyclic amines) is 1. The van der Waals surface area contributed by atoms with Crippen molar-refractivity contribution in [3.63, 3.8) is 0 Å². The molecule has 0 aromatic heterocycles. The molecule has 2 N–H and O–H groups in total. The molecule has 0 aromatic carbocycles. The van der Waals surface area contributed by atoms with Crippen LogP contribution in [0, 0.1) is 5.92 Å². The third kappa shape index (κ3) is 3.23. The van der Waals surface area contributed by atoms with Gasteiger partial charge in [0.1, 0.15) is 0 Å². The van der Waals surface area contributed by atoms with Crippen LogP contribution in [0.3, 0.4) is 0 Å². The predicted molar refractivity (Wildman–Crippen MR) is 78.5 cm³/mol. The zero-order valence-electron chi connectivity index (χ0n) is 12.6. The van der Waals surface area contributed by atoms with Crippen LogP contribution in [-0.4, -0.2) is 46.6 Å². The first-order valence-electron chi connectivity index (χ1n) is 8.43. The maximum absolute atomic E-state index is 12.4. The Morgan fingerprint density at radius 2 is 1.76 bits per heavy atom. The molecule has 0 spiro atoms. The Balaban J connectivity index is 1.54. The minimum absolute atomic E-state index is 0.0465. The summed E-state index contributed by atoms with van der Waals surface area (Å²) < 4.78 is 0. The number of aliphatic hydroxyl groups is 1. The summed E-state index contributed by atoms with van der Waals surface area (Å²) in [6, 6.07) is 0.234. The molecule has 2 saturated carbocycles. The average molecular weight is 294 g/mol. The molecular weight excluding hydrogens is 268 g/mol. The monoisotopic (exact) mass is 294 g/mol. The van der Waals surface area contributed by atoms with Crippen molar-refractivity contribution < 1.29 is 14.7 Å². The highest BCUT2D eigenvalue weighted by Crippen LogP contribution is 2.29. The molecule has 2 amide bonds. The number of hydrogen-bond donors (Lipinski definition) is 2. The van der Waals surface area contributed by atoms with Gasteiger partial charge in [0, 0.05) is 19.0 Å². The van der Waals surface area contributed by atoms with Gasteiger partial charge in [-0.2, -0.15) is 0 Å². The van der Waals surface area contributed by atoms with E-state index < -0.39 is 6.10 Å². The van der Waals surface area contributed by atoms with Gasteiger partial charge < -0.3 is 15.3 Å². The first-order chi connectivity index (χ1) is 10.1. The summed E-state index contributed by atoms with van der Waals surface area (Å²) in [4.78, 5) is 26.4. The first kappa shape index (κ1) is 14.8. The zero-order chi connectivity index (χ0) is 14.8. The topological polar surface area (TPSA) is 69.6 Å². The van der Waals surface area contributed by atoms with Gasteiger partial charge in [-0.25, -0.2) is 0 Å². The molecule has 1 aliphatic heterocycles. The lowest BCUT2D eigenvalue weighted by atomic mass is 9.92. The lowest BCUT2D eigenvalue weighted by molar-refractivity contribution is -0.130. The molecule has 2 aliphatic carbocycles. The third-order valence-corrected chi connectivity index (χ3v) is 5.35. The van der Waals surface area contributed by atoms with Crippen LogP contribution >= 0.6 is 0 Å². The summed E-state index contributed by atoms with van der Waals surface area (Å²) >= 11 is 0. The van der Waals surface area contributed by atoms with Gasteiger partial charge in [0.25, 0.3) is 0 Å². The maximum atomic E-state index is 12.4. The fourth-order valence-corrected chi connectivity index (χ4v) is 4.06. The summed E-state index contributed by atoms with van der Waals surface area (Å²) in [5.74, 6) is -0.145. The van der Waals surface area contributed by atoms with E-state index in [1.165, 1.54) is 12.8 Å². The van der Waals surface area contributed by atoms with Gasteiger partial charge in [-0.1, -0.05) is 25.7 Å². The highest BCUT2D eigenvalue weighted by atomic mass is 16.3. The molecular formula is C16H26N2O3. The summed E-state index contributed by atoms with van der Waals surface area (Å²) in [6.45, 7) is 0.568. The van der Waals surface area contributed by atoms with Crippen LogP contribution in [0.2, 0.25) is 0 Å². The van der Waals surface area contributed by atoms with Gasteiger partial charge in [-0.05, 0) is 25.7 Å². The Hall–Kier alpha value is -1.10. The van der Waals surface area contributed by atoms with E-state index in [0.717, 1.165) is 38.5 Å². The van der Waals surface area contributed by atoms with Crippen molar-refractivity contribution in [2.75, 3.05) is 6.54 Å². The number of rotatable bonds is 3. The van der Waals surface area contributed by atoms with Gasteiger partial charge >= 0.3 is 0 Å². The molecule has 1 unspecified atom stereocenters. The normalized spacial score (nSPS) is 34.4. The van der Waals surface area contributed by atoms with E-state index >= 15 is 0 Å². The Morgan fingerprint density at radius 1 is 1.10 bits per heavy atom. The van der Waals surface area contributed by atoms with E-state index in [2.05, 4.69) is 5.32 Å². The van der Waals surface area contributed by atoms with Crippen molar-refractivity contribution in [1.82, 2.24) is 10.2 Å². The van der Waals surface area contributed by atoms with Gasteiger partial charge in [-0.15, -0.1) is 0 Å². The molecule has 0 radical (unpaired) electrons. The number of nitrogens with zero attached hydrogens (tertiary/aromatic N) is 1. The van der Waals surface area contributed by atoms with Crippen LogP contribution in [-0.2, 0) is 9.59 Å². The molecule has 3 aliphatic rings. The molecule has 3 rings (SSSR count). The summed E-state index contributed by atoms with van der Waals surface area (Å²) in [5.41, 5.74) is 0. The molecule has 5 heteroatoms. The van der Waals surface area contributed by atoms with E-state index in [-0.39, 0.29) is 23.8 Å². The molecule has 5 nitrogen and oxygen atoms in total. The number of nitrogens with one attached hydrogen (secondary N) is 1. The standard InChI is InChI=1S/C16H26N2O3/c19-14-8-4-3-7-13(14)17-16(21)11-9-15(20)18(10-11)12-5-1-2-6-12/h11-14,19H,1-10H2,(H,17,21)/t11?,13-,14-/m0/s1. The molecule has 118 valence electrons. The summed E-state index contributed by atoms with van der Waals surface area (Å²) in [6.07, 6.45) is 8.17. The van der Waals surface area contributed by atoms with Gasteiger partial charge in [0.15, 0.2) is 0 Å². The summed E-state index contributed by atoms with van der Waals surface area (Å²) in [5, 5.41) is 12.9. The van der Waals surface area contributed by atoms with Crippen molar-refractivity contribution >= 4 is 11.8 Å². The number of amides is 2. The van der Waals surface area contributed by atoms with E-state index in [1.54, 1.807) is 0 Å². The van der Waals surface area contributed by atoms with Gasteiger partial charge in [-0.3, -0.25) is 9.59 Å². The van der Waals surface area contributed by atoms with Crippen molar-refractivity contribution in [2.24, 2.45) is 5.92 Å². The van der Waals surface area contributed by atoms with Crippen LogP contribution in [0.5, 0.6) is 0 Å². The second-order valence-electron chi connectivity index (χ2n) is 6.85. The molecule has 0 aromatic rings. The smallest absolute Gasteiger partial charge is 0.225 e. The van der Waals surface area contributed by atoms with E-state index in [1.807, 2.05) is 4.90 Å². The number of aliphatic hydroxyl groups excluding tert-OH is 1. The Bertz CT molecular complexity index is 406. The molecule has 0 bridgehead atoms. The van der Waals surface area contributed by atoms with Crippen molar-refractivity contribution in [1.29, 1.82) is 0 Å². The SMILES string of the molecule is O=C(N[C@H]1CCCC[C@@H]1O)C1CC(=O)N(C2CCCC2)C1. The van der Waals surface area contributed by atoms with E-state index in [9.17, 15) is 14.7 Å². The molecule has 1 saturated heterocycles. The predicted octanol–water partition coefficient (Wildman–Crippen LogP) is 1.20. The van der Waals surface area contributed by atoms with Crippen molar-refractivity contribution in [3.05, 3.63) is 0 Å². The van der Waals surface area contributed by atoms with Crippen LogP contribution in [0.1, 0.15) is 57.8 Å². The second-order valence-corrected chi connectivity index (χ2v) is 6.85. The van der Waals surface area contributed by atoms with Crippen LogP contribution in [0.4, 0.5) is 0 Å². The number of carbonyl (C=O) groups is 2. The Kier molecular flexibility index (Phi) is 4.48. The summed E-state index contributed by atoms with van der Waals surface area (Å²) in [7, 11) is 0. The zero-order valence-corrected chi connectivity index (χ0v) is 12.6. The fourth-order valence-electron chi connectivity index (χ4n) is 4.06. The Labute approximate surface area is 126 Å². The minimum Gasteiger partial charge on any atom is -0.391 e. The van der Waals surface area contributed by atoms with Crippen LogP contribution < -0.4 is 5.32 Å². The highest BCUT2D eigenvalue weighted by molar-refractivity contribution is 5.89. The van der Waals surface area contributed by atoms with Crippen molar-refractivity contribution in [3.8, 4) is 0 Å². The lowest BCUT2D eigenvalue weighted by Crippen LogP contribution is -2.47. The molecule has 21 heavy (non-hydrogen) atoms. The maximum Gasteiger partial charge on any atom is 0.225 e. The van der Waals surface area contributed by atoms with Crippen LogP contribution in [0.25, 0.3) is 0 Å². The van der Waals surface area contributed by atoms with Crippen molar-refractivity contribution in [2.45, 2.75) is 76.0 Å². The second kappa shape index (κ2) is 6.34. The average Bonchev–Trinajstić information content (AvgIpc) is 3.10. The molecule has 3 fully saturated rings. The van der Waals surface area contributed by atoms with Gasteiger partial charge in [0.2, 0.25) is 11.8 Å². The molecule has 3 atom stereocenters. The highest BCUT2D eigenvalue weighted by Gasteiger charge is 2.39. The third-order valence-electron chi connectivity index (χ3n) is 5.35.